The minimum Gasteiger partial charge on any atom is -0.493 e. The molecule has 0 radical (unpaired) electrons. The molecule has 0 N–H and O–H groups in total. The van der Waals surface area contributed by atoms with E-state index < -0.39 is 12.0 Å². The van der Waals surface area contributed by atoms with Crippen LogP contribution in [0.1, 0.15) is 36.1 Å². The lowest BCUT2D eigenvalue weighted by molar-refractivity contribution is -0.136. The highest BCUT2D eigenvalue weighted by molar-refractivity contribution is 7.07. The van der Waals surface area contributed by atoms with Crippen LogP contribution < -0.4 is 33.8 Å². The van der Waals surface area contributed by atoms with E-state index in [1.54, 1.807) is 22.8 Å². The molecule has 0 aliphatic carbocycles. The second kappa shape index (κ2) is 12.0. The van der Waals surface area contributed by atoms with Crippen LogP contribution >= 0.6 is 22.9 Å². The molecule has 1 atom stereocenters. The van der Waals surface area contributed by atoms with Crippen molar-refractivity contribution in [3.05, 3.63) is 113 Å². The van der Waals surface area contributed by atoms with Crippen LogP contribution in [0.5, 0.6) is 23.0 Å². The topological polar surface area (TPSA) is 97.6 Å². The third-order valence-corrected chi connectivity index (χ3v) is 8.40. The molecule has 11 heteroatoms. The van der Waals surface area contributed by atoms with E-state index in [0.29, 0.717) is 60.6 Å². The van der Waals surface area contributed by atoms with Crippen LogP contribution in [0.2, 0.25) is 5.02 Å². The van der Waals surface area contributed by atoms with E-state index in [4.69, 9.17) is 40.3 Å². The normalized spacial score (nSPS) is 15.6. The fourth-order valence-corrected chi connectivity index (χ4v) is 6.41. The summed E-state index contributed by atoms with van der Waals surface area (Å²) in [6.45, 7) is 2.34. The third-order valence-electron chi connectivity index (χ3n) is 7.14. The maximum atomic E-state index is 13.9. The summed E-state index contributed by atoms with van der Waals surface area (Å²) in [5, 5.41) is 0.322. The Balaban J connectivity index is 1.38. The quantitative estimate of drug-likeness (QED) is 0.263. The van der Waals surface area contributed by atoms with Gasteiger partial charge in [-0.3, -0.25) is 9.36 Å². The molecule has 3 aromatic carbocycles. The van der Waals surface area contributed by atoms with Gasteiger partial charge in [-0.15, -0.1) is 0 Å². The zero-order valence-corrected chi connectivity index (χ0v) is 25.2. The van der Waals surface area contributed by atoms with Crippen molar-refractivity contribution in [2.24, 2.45) is 4.99 Å². The second-order valence-electron chi connectivity index (χ2n) is 9.71. The highest BCUT2D eigenvalue weighted by Gasteiger charge is 2.33. The van der Waals surface area contributed by atoms with Crippen LogP contribution in [-0.4, -0.2) is 31.5 Å². The van der Waals surface area contributed by atoms with E-state index >= 15 is 0 Å². The first-order chi connectivity index (χ1) is 20.9. The number of nitrogens with zero attached hydrogens (tertiary/aromatic N) is 2. The number of esters is 1. The average molecular weight is 619 g/mol. The summed E-state index contributed by atoms with van der Waals surface area (Å²) in [6, 6.07) is 17.8. The Morgan fingerprint density at radius 2 is 1.91 bits per heavy atom. The van der Waals surface area contributed by atoms with Crippen LogP contribution in [-0.2, 0) is 16.1 Å². The second-order valence-corrected chi connectivity index (χ2v) is 11.1. The van der Waals surface area contributed by atoms with Gasteiger partial charge in [-0.25, -0.2) is 9.79 Å². The van der Waals surface area contributed by atoms with Crippen molar-refractivity contribution in [3.63, 3.8) is 0 Å². The first kappa shape index (κ1) is 28.6. The van der Waals surface area contributed by atoms with Gasteiger partial charge in [0.05, 0.1) is 41.1 Å². The van der Waals surface area contributed by atoms with E-state index in [9.17, 15) is 9.59 Å². The maximum Gasteiger partial charge on any atom is 0.338 e. The first-order valence-electron chi connectivity index (χ1n) is 13.5. The summed E-state index contributed by atoms with van der Waals surface area (Å²) >= 11 is 7.91. The summed E-state index contributed by atoms with van der Waals surface area (Å²) in [5.41, 5.74) is 2.95. The molecule has 0 saturated heterocycles. The van der Waals surface area contributed by atoms with E-state index in [1.807, 2.05) is 55.5 Å². The lowest BCUT2D eigenvalue weighted by Gasteiger charge is -2.25. The third kappa shape index (κ3) is 5.39. The summed E-state index contributed by atoms with van der Waals surface area (Å²) in [4.78, 5) is 32.1. The molecule has 0 fully saturated rings. The highest BCUT2D eigenvalue weighted by Crippen LogP contribution is 2.38. The fourth-order valence-electron chi connectivity index (χ4n) is 5.12. The van der Waals surface area contributed by atoms with Gasteiger partial charge in [0.2, 0.25) is 6.79 Å². The number of aromatic nitrogens is 1. The van der Waals surface area contributed by atoms with E-state index in [0.717, 1.165) is 11.1 Å². The number of rotatable bonds is 8. The van der Waals surface area contributed by atoms with Crippen LogP contribution in [0, 0.1) is 0 Å². The Kier molecular flexibility index (Phi) is 7.96. The number of allylic oxidation sites excluding steroid dienone is 1. The number of methoxy groups -OCH3 is 2. The Hall–Kier alpha value is -4.54. The number of ether oxygens (including phenoxy) is 5. The predicted octanol–water partition coefficient (Wildman–Crippen LogP) is 4.77. The van der Waals surface area contributed by atoms with Gasteiger partial charge in [-0.1, -0.05) is 66.3 Å². The average Bonchev–Trinajstić information content (AvgIpc) is 3.62. The molecule has 0 bridgehead atoms. The van der Waals surface area contributed by atoms with E-state index in [-0.39, 0.29) is 19.0 Å². The van der Waals surface area contributed by atoms with Crippen molar-refractivity contribution in [3.8, 4) is 23.0 Å². The van der Waals surface area contributed by atoms with Gasteiger partial charge in [-0.2, -0.15) is 0 Å². The van der Waals surface area contributed by atoms with Gasteiger partial charge >= 0.3 is 5.97 Å². The maximum absolute atomic E-state index is 13.9. The SMILES string of the molecule is CCC1=C(C(=O)OC)[C@@H](c2ccccc2)n2c(s/c(=C\c3cc(Cl)c(OCc4ccc5c(c4)OCO5)c(OC)c3)c2=O)=N1. The zero-order chi connectivity index (χ0) is 30.1. The molecule has 1 aromatic heterocycles. The lowest BCUT2D eigenvalue weighted by atomic mass is 9.95. The molecule has 4 aromatic rings. The van der Waals surface area contributed by atoms with Crippen LogP contribution in [0.25, 0.3) is 6.08 Å². The van der Waals surface area contributed by atoms with Gasteiger partial charge < -0.3 is 23.7 Å². The standard InChI is InChI=1S/C32H27ClN2O7S/c1-4-22-27(31(37)39-3)28(20-8-6-5-7-9-20)35-30(36)26(43-32(35)34-22)15-19-12-21(33)29(25(14-19)38-2)40-16-18-10-11-23-24(13-18)42-17-41-23/h5-15,28H,4,16-17H2,1-3H3/b26-15-/t28-/m1/s1. The summed E-state index contributed by atoms with van der Waals surface area (Å²) in [5.74, 6) is 1.62. The highest BCUT2D eigenvalue weighted by atomic mass is 35.5. The summed E-state index contributed by atoms with van der Waals surface area (Å²) in [7, 11) is 2.85. The molecule has 2 aliphatic heterocycles. The molecular formula is C32H27ClN2O7S. The van der Waals surface area contributed by atoms with Crippen molar-refractivity contribution >= 4 is 35.0 Å². The number of fused-ring (bicyclic) bond motifs is 2. The van der Waals surface area contributed by atoms with Gasteiger partial charge in [-0.05, 0) is 53.5 Å². The van der Waals surface area contributed by atoms with Gasteiger partial charge in [0.1, 0.15) is 6.61 Å². The van der Waals surface area contributed by atoms with Gasteiger partial charge in [0.15, 0.2) is 27.8 Å². The van der Waals surface area contributed by atoms with Crippen LogP contribution in [0.15, 0.2) is 81.7 Å². The Labute approximate surface area is 255 Å². The largest absolute Gasteiger partial charge is 0.493 e. The van der Waals surface area contributed by atoms with Crippen molar-refractivity contribution in [1.82, 2.24) is 4.57 Å². The summed E-state index contributed by atoms with van der Waals surface area (Å²) < 4.78 is 29.6. The molecule has 0 spiro atoms. The van der Waals surface area contributed by atoms with Gasteiger partial charge in [0.25, 0.3) is 5.56 Å². The minimum atomic E-state index is -0.674. The molecular weight excluding hydrogens is 592 g/mol. The molecule has 43 heavy (non-hydrogen) atoms. The van der Waals surface area contributed by atoms with Gasteiger partial charge in [0, 0.05) is 0 Å². The van der Waals surface area contributed by atoms with Crippen molar-refractivity contribution in [1.29, 1.82) is 0 Å². The van der Waals surface area contributed by atoms with E-state index in [2.05, 4.69) is 0 Å². The molecule has 3 heterocycles. The molecule has 0 unspecified atom stereocenters. The number of thiazole rings is 1. The zero-order valence-electron chi connectivity index (χ0n) is 23.6. The van der Waals surface area contributed by atoms with Crippen LogP contribution in [0.3, 0.4) is 0 Å². The van der Waals surface area contributed by atoms with Crippen molar-refractivity contribution in [2.45, 2.75) is 26.0 Å². The number of hydrogen-bond donors (Lipinski definition) is 0. The van der Waals surface area contributed by atoms with Crippen molar-refractivity contribution < 1.29 is 28.5 Å². The lowest BCUT2D eigenvalue weighted by Crippen LogP contribution is -2.40. The minimum absolute atomic E-state index is 0.192. The number of carbonyl (C=O) groups is 1. The monoisotopic (exact) mass is 618 g/mol. The Bertz CT molecular complexity index is 1930. The molecule has 2 aliphatic rings. The number of hydrogen-bond acceptors (Lipinski definition) is 9. The molecule has 6 rings (SSSR count). The molecule has 0 saturated carbocycles. The van der Waals surface area contributed by atoms with Crippen LogP contribution in [0.4, 0.5) is 0 Å². The fraction of sp³-hybridized carbons (Fsp3) is 0.219. The Morgan fingerprint density at radius 1 is 1.12 bits per heavy atom. The predicted molar refractivity (Wildman–Crippen MR) is 162 cm³/mol. The number of carbonyl (C=O) groups excluding carboxylic acids is 1. The summed E-state index contributed by atoms with van der Waals surface area (Å²) in [6.07, 6.45) is 2.23. The molecule has 0 amide bonds. The molecule has 9 nitrogen and oxygen atoms in total. The van der Waals surface area contributed by atoms with Crippen molar-refractivity contribution in [2.75, 3.05) is 21.0 Å². The molecule has 220 valence electrons. The smallest absolute Gasteiger partial charge is 0.338 e. The number of halogens is 1. The number of benzene rings is 3. The first-order valence-corrected chi connectivity index (χ1v) is 14.7. The van der Waals surface area contributed by atoms with E-state index in [1.165, 1.54) is 25.6 Å². The Morgan fingerprint density at radius 3 is 2.65 bits per heavy atom.